The Labute approximate surface area is 173 Å². The molecule has 6 heteroatoms. The van der Waals surface area contributed by atoms with E-state index in [0.29, 0.717) is 19.3 Å². The molecular weight excluding hydrogens is 370 g/mol. The van der Waals surface area contributed by atoms with Crippen molar-refractivity contribution in [3.05, 3.63) is 22.3 Å². The second-order valence-corrected chi connectivity index (χ2v) is 9.32. The summed E-state index contributed by atoms with van der Waals surface area (Å²) in [5.74, 6) is 0.655. The van der Waals surface area contributed by atoms with Crippen molar-refractivity contribution < 1.29 is 24.2 Å². The summed E-state index contributed by atoms with van der Waals surface area (Å²) < 4.78 is 11.8. The summed E-state index contributed by atoms with van der Waals surface area (Å²) in [7, 11) is 0. The number of amides is 1. The molecule has 1 saturated heterocycles. The number of ether oxygens (including phenoxy) is 2. The van der Waals surface area contributed by atoms with E-state index in [9.17, 15) is 14.7 Å². The normalized spacial score (nSPS) is 22.8. The van der Waals surface area contributed by atoms with Crippen LogP contribution in [0.4, 0.5) is 5.69 Å². The van der Waals surface area contributed by atoms with Gasteiger partial charge in [0.1, 0.15) is 17.5 Å². The van der Waals surface area contributed by atoms with Gasteiger partial charge in [0.15, 0.2) is 0 Å². The maximum Gasteiger partial charge on any atom is 0.308 e. The Bertz CT molecular complexity index is 827. The van der Waals surface area contributed by atoms with Gasteiger partial charge in [-0.25, -0.2) is 0 Å². The second-order valence-electron chi connectivity index (χ2n) is 9.32. The van der Waals surface area contributed by atoms with E-state index in [1.54, 1.807) is 0 Å². The molecule has 1 aromatic carbocycles. The first-order valence-corrected chi connectivity index (χ1v) is 10.5. The minimum Gasteiger partial charge on any atom is -0.487 e. The van der Waals surface area contributed by atoms with E-state index in [0.717, 1.165) is 40.1 Å². The minimum atomic E-state index is -0.639. The van der Waals surface area contributed by atoms with Crippen LogP contribution in [-0.2, 0) is 27.2 Å². The van der Waals surface area contributed by atoms with Crippen molar-refractivity contribution in [2.24, 2.45) is 0 Å². The van der Waals surface area contributed by atoms with Gasteiger partial charge < -0.3 is 19.9 Å². The van der Waals surface area contributed by atoms with Gasteiger partial charge in [-0.15, -0.1) is 0 Å². The Morgan fingerprint density at radius 3 is 2.62 bits per heavy atom. The Hall–Kier alpha value is -2.08. The number of hydrogen-bond acceptors (Lipinski definition) is 5. The number of fused-ring (bicyclic) bond motifs is 1. The minimum absolute atomic E-state index is 0.0671. The molecule has 2 unspecified atom stereocenters. The van der Waals surface area contributed by atoms with Crippen molar-refractivity contribution in [2.75, 3.05) is 5.32 Å². The van der Waals surface area contributed by atoms with Crippen LogP contribution in [0.25, 0.3) is 0 Å². The van der Waals surface area contributed by atoms with Gasteiger partial charge in [0.2, 0.25) is 5.91 Å². The molecule has 29 heavy (non-hydrogen) atoms. The Morgan fingerprint density at radius 2 is 2.03 bits per heavy atom. The van der Waals surface area contributed by atoms with Gasteiger partial charge in [0, 0.05) is 36.6 Å². The maximum atomic E-state index is 11.9. The molecule has 6 nitrogen and oxygen atoms in total. The SMILES string of the molecule is CC(=O)Nc1c(C)c2c(c(CCC3CC(O)CC(=O)O3)c1C(C)C)OC(C)(C)C2. The predicted octanol–water partition coefficient (Wildman–Crippen LogP) is 3.79. The molecule has 0 spiro atoms. The highest BCUT2D eigenvalue weighted by Gasteiger charge is 2.37. The van der Waals surface area contributed by atoms with Crippen molar-refractivity contribution in [3.63, 3.8) is 0 Å². The summed E-state index contributed by atoms with van der Waals surface area (Å²) >= 11 is 0. The highest BCUT2D eigenvalue weighted by Crippen LogP contribution is 2.47. The first kappa shape index (κ1) is 21.6. The molecule has 3 rings (SSSR count). The maximum absolute atomic E-state index is 11.9. The van der Waals surface area contributed by atoms with Crippen molar-refractivity contribution in [1.29, 1.82) is 0 Å². The summed E-state index contributed by atoms with van der Waals surface area (Å²) in [5.41, 5.74) is 4.93. The molecule has 2 aliphatic heterocycles. The van der Waals surface area contributed by atoms with E-state index in [1.807, 2.05) is 6.92 Å². The molecular formula is C23H33NO5. The van der Waals surface area contributed by atoms with E-state index in [-0.39, 0.29) is 35.9 Å². The molecule has 0 aromatic heterocycles. The van der Waals surface area contributed by atoms with Crippen molar-refractivity contribution >= 4 is 17.6 Å². The van der Waals surface area contributed by atoms with E-state index in [1.165, 1.54) is 6.92 Å². The lowest BCUT2D eigenvalue weighted by Gasteiger charge is -2.28. The van der Waals surface area contributed by atoms with Crippen LogP contribution in [0, 0.1) is 6.92 Å². The van der Waals surface area contributed by atoms with Crippen LogP contribution >= 0.6 is 0 Å². The average Bonchev–Trinajstić information content (AvgIpc) is 2.90. The zero-order valence-corrected chi connectivity index (χ0v) is 18.3. The summed E-state index contributed by atoms with van der Waals surface area (Å²) in [6.45, 7) is 11.9. The molecule has 1 aromatic rings. The highest BCUT2D eigenvalue weighted by molar-refractivity contribution is 5.92. The van der Waals surface area contributed by atoms with E-state index < -0.39 is 6.10 Å². The van der Waals surface area contributed by atoms with Crippen LogP contribution in [0.15, 0.2) is 0 Å². The smallest absolute Gasteiger partial charge is 0.308 e. The zero-order chi connectivity index (χ0) is 21.5. The quantitative estimate of drug-likeness (QED) is 0.731. The molecule has 1 fully saturated rings. The van der Waals surface area contributed by atoms with Crippen molar-refractivity contribution in [1.82, 2.24) is 0 Å². The van der Waals surface area contributed by atoms with Crippen molar-refractivity contribution in [3.8, 4) is 5.75 Å². The van der Waals surface area contributed by atoms with Crippen LogP contribution < -0.4 is 10.1 Å². The summed E-state index contributed by atoms with van der Waals surface area (Å²) in [6.07, 6.45) is 1.63. The number of hydrogen-bond donors (Lipinski definition) is 2. The van der Waals surface area contributed by atoms with Crippen LogP contribution in [0.2, 0.25) is 0 Å². The molecule has 2 atom stereocenters. The van der Waals surface area contributed by atoms with Gasteiger partial charge in [-0.3, -0.25) is 9.59 Å². The van der Waals surface area contributed by atoms with Crippen LogP contribution in [-0.4, -0.2) is 34.8 Å². The molecule has 0 bridgehead atoms. The molecule has 2 N–H and O–H groups in total. The molecule has 0 saturated carbocycles. The summed E-state index contributed by atoms with van der Waals surface area (Å²) in [6, 6.07) is 0. The molecule has 0 aliphatic carbocycles. The third-order valence-electron chi connectivity index (χ3n) is 5.78. The molecule has 1 amide bonds. The third kappa shape index (κ3) is 4.58. The zero-order valence-electron chi connectivity index (χ0n) is 18.3. The van der Waals surface area contributed by atoms with E-state index in [4.69, 9.17) is 9.47 Å². The standard InChI is InChI=1S/C23H33NO5/c1-12(2)20-17(8-7-16-9-15(26)10-19(27)28-16)22-18(11-23(5,6)29-22)13(3)21(20)24-14(4)25/h12,15-16,26H,7-11H2,1-6H3,(H,24,25). The number of anilines is 1. The van der Waals surface area contributed by atoms with Gasteiger partial charge in [-0.1, -0.05) is 13.8 Å². The van der Waals surface area contributed by atoms with E-state index in [2.05, 4.69) is 33.0 Å². The fraction of sp³-hybridized carbons (Fsp3) is 0.652. The molecule has 2 aliphatic rings. The number of aliphatic hydroxyl groups is 1. The number of esters is 1. The van der Waals surface area contributed by atoms with Crippen LogP contribution in [0.1, 0.15) is 82.1 Å². The molecule has 0 radical (unpaired) electrons. The lowest BCUT2D eigenvalue weighted by molar-refractivity contribution is -0.160. The number of rotatable bonds is 5. The second kappa shape index (κ2) is 7.98. The van der Waals surface area contributed by atoms with Crippen LogP contribution in [0.3, 0.4) is 0 Å². The summed E-state index contributed by atoms with van der Waals surface area (Å²) in [5, 5.41) is 13.0. The topological polar surface area (TPSA) is 84.9 Å². The van der Waals surface area contributed by atoms with Gasteiger partial charge in [0.05, 0.1) is 12.5 Å². The third-order valence-corrected chi connectivity index (χ3v) is 5.78. The lowest BCUT2D eigenvalue weighted by atomic mass is 9.85. The predicted molar refractivity (Wildman–Crippen MR) is 111 cm³/mol. The highest BCUT2D eigenvalue weighted by atomic mass is 16.5. The van der Waals surface area contributed by atoms with Gasteiger partial charge >= 0.3 is 5.97 Å². The monoisotopic (exact) mass is 403 g/mol. The number of carbonyl (C=O) groups is 2. The Balaban J connectivity index is 2.03. The first-order valence-electron chi connectivity index (χ1n) is 10.5. The largest absolute Gasteiger partial charge is 0.487 e. The van der Waals surface area contributed by atoms with Crippen molar-refractivity contribution in [2.45, 2.75) is 97.4 Å². The number of nitrogens with one attached hydrogen (secondary N) is 1. The fourth-order valence-corrected chi connectivity index (χ4v) is 4.62. The number of aliphatic hydroxyl groups excluding tert-OH is 1. The molecule has 2 heterocycles. The lowest BCUT2D eigenvalue weighted by Crippen LogP contribution is -2.33. The van der Waals surface area contributed by atoms with Gasteiger partial charge in [0.25, 0.3) is 0 Å². The molecule has 160 valence electrons. The van der Waals surface area contributed by atoms with Crippen LogP contribution in [0.5, 0.6) is 5.75 Å². The Morgan fingerprint density at radius 1 is 1.34 bits per heavy atom. The fourth-order valence-electron chi connectivity index (χ4n) is 4.62. The average molecular weight is 404 g/mol. The van der Waals surface area contributed by atoms with Gasteiger partial charge in [-0.05, 0) is 50.7 Å². The van der Waals surface area contributed by atoms with E-state index >= 15 is 0 Å². The summed E-state index contributed by atoms with van der Waals surface area (Å²) in [4.78, 5) is 23.6. The van der Waals surface area contributed by atoms with Gasteiger partial charge in [-0.2, -0.15) is 0 Å². The first-order chi connectivity index (χ1) is 13.5. The number of benzene rings is 1. The number of carbonyl (C=O) groups excluding carboxylic acids is 2. The number of cyclic esters (lactones) is 1. The Kier molecular flexibility index (Phi) is 5.95.